The normalized spacial score (nSPS) is 11.6. The Morgan fingerprint density at radius 3 is 2.61 bits per heavy atom. The van der Waals surface area contributed by atoms with E-state index in [-0.39, 0.29) is 11.6 Å². The van der Waals surface area contributed by atoms with E-state index >= 15 is 0 Å². The van der Waals surface area contributed by atoms with Gasteiger partial charge in [0.1, 0.15) is 17.2 Å². The first-order chi connectivity index (χ1) is 14.6. The number of carbonyl (C=O) groups is 1. The molecule has 158 valence electrons. The zero-order chi connectivity index (χ0) is 22.3. The van der Waals surface area contributed by atoms with Gasteiger partial charge in [0.05, 0.1) is 11.9 Å². The molecule has 4 rings (SSSR count). The number of nitrogens with two attached hydrogens (primary N) is 1. The summed E-state index contributed by atoms with van der Waals surface area (Å²) >= 11 is 3.45. The molecule has 0 saturated heterocycles. The molecule has 9 heteroatoms. The monoisotopic (exact) mass is 483 g/mol. The highest BCUT2D eigenvalue weighted by Gasteiger charge is 2.19. The van der Waals surface area contributed by atoms with Gasteiger partial charge in [-0.05, 0) is 45.0 Å². The van der Waals surface area contributed by atoms with Crippen molar-refractivity contribution in [3.63, 3.8) is 0 Å². The molecule has 0 saturated carbocycles. The smallest absolute Gasteiger partial charge is 0.435 e. The highest BCUT2D eigenvalue weighted by molar-refractivity contribution is 9.10. The summed E-state index contributed by atoms with van der Waals surface area (Å²) in [5, 5.41) is 5.16. The van der Waals surface area contributed by atoms with Crippen molar-refractivity contribution in [1.82, 2.24) is 19.7 Å². The lowest BCUT2D eigenvalue weighted by molar-refractivity contribution is 0.0514. The molecule has 7 nitrogen and oxygen atoms in total. The molecule has 0 spiro atoms. The van der Waals surface area contributed by atoms with Gasteiger partial charge >= 0.3 is 6.09 Å². The van der Waals surface area contributed by atoms with Crippen molar-refractivity contribution in [2.24, 2.45) is 0 Å². The molecule has 0 bridgehead atoms. The molecule has 0 radical (unpaired) electrons. The van der Waals surface area contributed by atoms with Crippen LogP contribution in [-0.2, 0) is 4.74 Å². The summed E-state index contributed by atoms with van der Waals surface area (Å²) in [6.07, 6.45) is 5.58. The summed E-state index contributed by atoms with van der Waals surface area (Å²) in [6, 6.07) is 6.58. The molecule has 0 unspecified atom stereocenters. The zero-order valence-corrected chi connectivity index (χ0v) is 18.6. The predicted octanol–water partition coefficient (Wildman–Crippen LogP) is 5.43. The van der Waals surface area contributed by atoms with Crippen LogP contribution in [0.4, 0.5) is 15.0 Å². The molecule has 31 heavy (non-hydrogen) atoms. The first kappa shape index (κ1) is 20.9. The van der Waals surface area contributed by atoms with Crippen molar-refractivity contribution < 1.29 is 13.9 Å². The lowest BCUT2D eigenvalue weighted by Crippen LogP contribution is -2.27. The zero-order valence-electron chi connectivity index (χ0n) is 17.1. The van der Waals surface area contributed by atoms with Crippen LogP contribution < -0.4 is 5.73 Å². The summed E-state index contributed by atoms with van der Waals surface area (Å²) < 4.78 is 21.3. The molecule has 1 aromatic carbocycles. The van der Waals surface area contributed by atoms with Crippen molar-refractivity contribution in [1.29, 1.82) is 0 Å². The molecule has 3 heterocycles. The second-order valence-electron chi connectivity index (χ2n) is 7.96. The standard InChI is InChI=1S/C22H19BrFN5O2/c1-22(2,3)31-21(30)29-11-13(9-28-29)12-6-15(20(25)27-8-12)19-7-14-16(10-26-19)18(24)5-4-17(14)23/h4-11H,1-3H3,(H2,25,27). The number of benzene rings is 1. The Hall–Kier alpha value is -3.33. The van der Waals surface area contributed by atoms with Crippen molar-refractivity contribution in [3.05, 3.63) is 59.3 Å². The van der Waals surface area contributed by atoms with Crippen LogP contribution in [0.5, 0.6) is 0 Å². The average Bonchev–Trinajstić information content (AvgIpc) is 3.20. The van der Waals surface area contributed by atoms with E-state index < -0.39 is 11.7 Å². The number of hydrogen-bond acceptors (Lipinski definition) is 6. The minimum absolute atomic E-state index is 0.280. The van der Waals surface area contributed by atoms with Gasteiger partial charge in [-0.15, -0.1) is 0 Å². The summed E-state index contributed by atoms with van der Waals surface area (Å²) in [7, 11) is 0. The van der Waals surface area contributed by atoms with E-state index in [0.29, 0.717) is 33.2 Å². The Morgan fingerprint density at radius 2 is 1.87 bits per heavy atom. The predicted molar refractivity (Wildman–Crippen MR) is 120 cm³/mol. The molecular weight excluding hydrogens is 465 g/mol. The molecule has 4 aromatic rings. The molecule has 0 atom stereocenters. The van der Waals surface area contributed by atoms with Gasteiger partial charge in [0.15, 0.2) is 0 Å². The van der Waals surface area contributed by atoms with Gasteiger partial charge in [-0.2, -0.15) is 9.78 Å². The Labute approximate surface area is 186 Å². The van der Waals surface area contributed by atoms with Gasteiger partial charge in [0, 0.05) is 50.5 Å². The van der Waals surface area contributed by atoms with Gasteiger partial charge in [0.25, 0.3) is 0 Å². The maximum absolute atomic E-state index is 14.1. The van der Waals surface area contributed by atoms with Crippen molar-refractivity contribution >= 4 is 38.6 Å². The van der Waals surface area contributed by atoms with Crippen LogP contribution in [0.1, 0.15) is 20.8 Å². The number of halogens is 2. The third-order valence-corrected chi connectivity index (χ3v) is 5.18. The van der Waals surface area contributed by atoms with E-state index in [4.69, 9.17) is 10.5 Å². The average molecular weight is 484 g/mol. The molecule has 0 aliphatic rings. The van der Waals surface area contributed by atoms with Crippen LogP contribution in [0, 0.1) is 5.82 Å². The fourth-order valence-electron chi connectivity index (χ4n) is 3.04. The minimum Gasteiger partial charge on any atom is -0.442 e. The molecule has 0 aliphatic heterocycles. The SMILES string of the molecule is CC(C)(C)OC(=O)n1cc(-c2cnc(N)c(-c3cc4c(Br)ccc(F)c4cn3)c2)cn1. The van der Waals surface area contributed by atoms with Gasteiger partial charge < -0.3 is 10.5 Å². The Balaban J connectivity index is 1.73. The number of aromatic nitrogens is 4. The number of nitrogens with zero attached hydrogens (tertiary/aromatic N) is 4. The number of hydrogen-bond donors (Lipinski definition) is 1. The summed E-state index contributed by atoms with van der Waals surface area (Å²) in [6.45, 7) is 5.35. The second-order valence-corrected chi connectivity index (χ2v) is 8.81. The lowest BCUT2D eigenvalue weighted by Gasteiger charge is -2.18. The van der Waals surface area contributed by atoms with Gasteiger partial charge in [-0.3, -0.25) is 4.98 Å². The van der Waals surface area contributed by atoms with Crippen LogP contribution in [0.15, 0.2) is 53.5 Å². The Morgan fingerprint density at radius 1 is 1.10 bits per heavy atom. The van der Waals surface area contributed by atoms with Crippen molar-refractivity contribution in [3.8, 4) is 22.4 Å². The Kier molecular flexibility index (Phi) is 5.22. The molecule has 0 aliphatic carbocycles. The van der Waals surface area contributed by atoms with Gasteiger partial charge in [-0.25, -0.2) is 14.2 Å². The fourth-order valence-corrected chi connectivity index (χ4v) is 3.50. The third kappa shape index (κ3) is 4.27. The van der Waals surface area contributed by atoms with E-state index in [1.54, 1.807) is 57.6 Å². The topological polar surface area (TPSA) is 95.9 Å². The van der Waals surface area contributed by atoms with Gasteiger partial charge in [0.2, 0.25) is 0 Å². The van der Waals surface area contributed by atoms with Crippen LogP contribution >= 0.6 is 15.9 Å². The largest absolute Gasteiger partial charge is 0.442 e. The highest BCUT2D eigenvalue weighted by Crippen LogP contribution is 2.33. The van der Waals surface area contributed by atoms with E-state index in [9.17, 15) is 9.18 Å². The number of ether oxygens (including phenoxy) is 1. The fraction of sp³-hybridized carbons (Fsp3) is 0.182. The van der Waals surface area contributed by atoms with E-state index in [1.807, 2.05) is 0 Å². The first-order valence-electron chi connectivity index (χ1n) is 9.40. The van der Waals surface area contributed by atoms with Crippen molar-refractivity contribution in [2.45, 2.75) is 26.4 Å². The summed E-state index contributed by atoms with van der Waals surface area (Å²) in [5.74, 6) is -0.0747. The number of rotatable bonds is 2. The molecule has 2 N–H and O–H groups in total. The van der Waals surface area contributed by atoms with Crippen LogP contribution in [0.3, 0.4) is 0 Å². The van der Waals surface area contributed by atoms with E-state index in [1.165, 1.54) is 12.3 Å². The number of fused-ring (bicyclic) bond motifs is 1. The second kappa shape index (κ2) is 7.73. The molecule has 3 aromatic heterocycles. The Bertz CT molecular complexity index is 1310. The van der Waals surface area contributed by atoms with Crippen molar-refractivity contribution in [2.75, 3.05) is 5.73 Å². The van der Waals surface area contributed by atoms with Crippen LogP contribution in [0.2, 0.25) is 0 Å². The summed E-state index contributed by atoms with van der Waals surface area (Å²) in [5.41, 5.74) is 7.96. The molecular formula is C22H19BrFN5O2. The lowest BCUT2D eigenvalue weighted by atomic mass is 10.0. The highest BCUT2D eigenvalue weighted by atomic mass is 79.9. The maximum Gasteiger partial charge on any atom is 0.435 e. The molecule has 0 amide bonds. The third-order valence-electron chi connectivity index (χ3n) is 4.49. The number of carbonyl (C=O) groups excluding carboxylic acids is 1. The van der Waals surface area contributed by atoms with Gasteiger partial charge in [-0.1, -0.05) is 15.9 Å². The van der Waals surface area contributed by atoms with E-state index in [2.05, 4.69) is 31.0 Å². The quantitative estimate of drug-likeness (QED) is 0.408. The minimum atomic E-state index is -0.630. The van der Waals surface area contributed by atoms with Crippen LogP contribution in [0.25, 0.3) is 33.2 Å². The maximum atomic E-state index is 14.1. The summed E-state index contributed by atoms with van der Waals surface area (Å²) in [4.78, 5) is 20.9. The number of pyridine rings is 2. The van der Waals surface area contributed by atoms with E-state index in [0.717, 1.165) is 9.15 Å². The number of nitrogen functional groups attached to an aromatic ring is 1. The first-order valence-corrected chi connectivity index (χ1v) is 10.2. The van der Waals surface area contributed by atoms with Crippen LogP contribution in [-0.4, -0.2) is 31.4 Å². The number of anilines is 1. The molecule has 0 fully saturated rings.